The van der Waals surface area contributed by atoms with Gasteiger partial charge in [0.05, 0.1) is 18.2 Å². The monoisotopic (exact) mass is 242 g/mol. The van der Waals surface area contributed by atoms with E-state index in [1.165, 1.54) is 0 Å². The number of nitrogens with one attached hydrogen (secondary N) is 1. The van der Waals surface area contributed by atoms with E-state index in [4.69, 9.17) is 10.5 Å². The molecule has 0 radical (unpaired) electrons. The Morgan fingerprint density at radius 1 is 1.47 bits per heavy atom. The van der Waals surface area contributed by atoms with Gasteiger partial charge in [0, 0.05) is 12.0 Å². The number of nitrogens with two attached hydrogens (primary N) is 1. The van der Waals surface area contributed by atoms with Gasteiger partial charge in [-0.1, -0.05) is 0 Å². The lowest BCUT2D eigenvalue weighted by atomic mass is 9.77. The standard InChI is InChI=1S/C13H26N2O2/c1-10(2)17-9-13(6-5-7-13)15-11(16)8-12(3,4)14/h10H,5-9,14H2,1-4H3,(H,15,16). The van der Waals surface area contributed by atoms with Crippen LogP contribution >= 0.6 is 0 Å². The van der Waals surface area contributed by atoms with Crippen molar-refractivity contribution in [3.8, 4) is 0 Å². The summed E-state index contributed by atoms with van der Waals surface area (Å²) in [6.07, 6.45) is 3.74. The van der Waals surface area contributed by atoms with E-state index < -0.39 is 5.54 Å². The van der Waals surface area contributed by atoms with Crippen LogP contribution in [-0.4, -0.2) is 29.7 Å². The van der Waals surface area contributed by atoms with Crippen molar-refractivity contribution in [2.24, 2.45) is 5.73 Å². The molecule has 1 aliphatic rings. The van der Waals surface area contributed by atoms with E-state index in [0.29, 0.717) is 13.0 Å². The van der Waals surface area contributed by atoms with Crippen LogP contribution in [0.1, 0.15) is 53.4 Å². The summed E-state index contributed by atoms with van der Waals surface area (Å²) < 4.78 is 5.63. The highest BCUT2D eigenvalue weighted by Gasteiger charge is 2.39. The van der Waals surface area contributed by atoms with E-state index in [1.54, 1.807) is 0 Å². The van der Waals surface area contributed by atoms with E-state index in [9.17, 15) is 4.79 Å². The third kappa shape index (κ3) is 5.04. The zero-order valence-electron chi connectivity index (χ0n) is 11.5. The van der Waals surface area contributed by atoms with E-state index in [1.807, 2.05) is 27.7 Å². The Kier molecular flexibility index (Phi) is 4.55. The lowest BCUT2D eigenvalue weighted by molar-refractivity contribution is -0.127. The summed E-state index contributed by atoms with van der Waals surface area (Å²) in [6.45, 7) is 8.37. The summed E-state index contributed by atoms with van der Waals surface area (Å²) in [5.41, 5.74) is 5.26. The normalized spacial score (nSPS) is 18.9. The molecular weight excluding hydrogens is 216 g/mol. The van der Waals surface area contributed by atoms with Crippen LogP contribution in [0.25, 0.3) is 0 Å². The molecule has 1 fully saturated rings. The van der Waals surface area contributed by atoms with Crippen LogP contribution in [0.3, 0.4) is 0 Å². The molecule has 0 bridgehead atoms. The third-order valence-corrected chi connectivity index (χ3v) is 3.02. The predicted octanol–water partition coefficient (Wildman–Crippen LogP) is 1.58. The maximum absolute atomic E-state index is 11.9. The van der Waals surface area contributed by atoms with Crippen LogP contribution in [0.5, 0.6) is 0 Å². The maximum Gasteiger partial charge on any atom is 0.222 e. The second-order valence-electron chi connectivity index (χ2n) is 6.21. The van der Waals surface area contributed by atoms with Gasteiger partial charge in [0.2, 0.25) is 5.91 Å². The fraction of sp³-hybridized carbons (Fsp3) is 0.923. The van der Waals surface area contributed by atoms with Crippen LogP contribution < -0.4 is 11.1 Å². The van der Waals surface area contributed by atoms with Crippen LogP contribution in [0.2, 0.25) is 0 Å². The molecule has 0 unspecified atom stereocenters. The van der Waals surface area contributed by atoms with Crippen LogP contribution in [0.15, 0.2) is 0 Å². The van der Waals surface area contributed by atoms with Crippen LogP contribution in [-0.2, 0) is 9.53 Å². The first-order valence-corrected chi connectivity index (χ1v) is 6.44. The average Bonchev–Trinajstić information content (AvgIpc) is 2.05. The van der Waals surface area contributed by atoms with Crippen LogP contribution in [0, 0.1) is 0 Å². The molecule has 0 aromatic rings. The zero-order valence-corrected chi connectivity index (χ0v) is 11.5. The highest BCUT2D eigenvalue weighted by atomic mass is 16.5. The Morgan fingerprint density at radius 2 is 2.06 bits per heavy atom. The highest BCUT2D eigenvalue weighted by Crippen LogP contribution is 2.32. The highest BCUT2D eigenvalue weighted by molar-refractivity contribution is 5.78. The second-order valence-corrected chi connectivity index (χ2v) is 6.21. The molecule has 0 aliphatic heterocycles. The van der Waals surface area contributed by atoms with Gasteiger partial charge in [0.15, 0.2) is 0 Å². The Bertz CT molecular complexity index is 265. The van der Waals surface area contributed by atoms with Gasteiger partial charge in [-0.25, -0.2) is 0 Å². The van der Waals surface area contributed by atoms with E-state index in [2.05, 4.69) is 5.32 Å². The first kappa shape index (κ1) is 14.5. The van der Waals surface area contributed by atoms with Crippen LogP contribution in [0.4, 0.5) is 0 Å². The Labute approximate surface area is 104 Å². The molecule has 0 aromatic carbocycles. The minimum absolute atomic E-state index is 0.0320. The SMILES string of the molecule is CC(C)OCC1(NC(=O)CC(C)(C)N)CCC1. The Morgan fingerprint density at radius 3 is 2.41 bits per heavy atom. The van der Waals surface area contributed by atoms with Crippen molar-refractivity contribution < 1.29 is 9.53 Å². The minimum Gasteiger partial charge on any atom is -0.376 e. The number of hydrogen-bond acceptors (Lipinski definition) is 3. The summed E-state index contributed by atoms with van der Waals surface area (Å²) in [5, 5.41) is 3.10. The largest absolute Gasteiger partial charge is 0.376 e. The van der Waals surface area contributed by atoms with Crippen molar-refractivity contribution >= 4 is 5.91 Å². The Hall–Kier alpha value is -0.610. The van der Waals surface area contributed by atoms with Gasteiger partial charge >= 0.3 is 0 Å². The van der Waals surface area contributed by atoms with Crippen molar-refractivity contribution in [2.45, 2.75) is 70.6 Å². The molecule has 4 heteroatoms. The fourth-order valence-corrected chi connectivity index (χ4v) is 1.99. The van der Waals surface area contributed by atoms with Crippen molar-refractivity contribution in [2.75, 3.05) is 6.61 Å². The smallest absolute Gasteiger partial charge is 0.222 e. The number of amides is 1. The number of ether oxygens (including phenoxy) is 1. The van der Waals surface area contributed by atoms with Gasteiger partial charge < -0.3 is 15.8 Å². The summed E-state index contributed by atoms with van der Waals surface area (Å²) in [5.74, 6) is 0.0320. The molecule has 0 saturated heterocycles. The Balaban J connectivity index is 2.43. The molecule has 3 N–H and O–H groups in total. The van der Waals surface area contributed by atoms with E-state index >= 15 is 0 Å². The van der Waals surface area contributed by atoms with Crippen molar-refractivity contribution in [1.82, 2.24) is 5.32 Å². The molecule has 1 aliphatic carbocycles. The summed E-state index contributed by atoms with van der Waals surface area (Å²) in [4.78, 5) is 11.9. The lowest BCUT2D eigenvalue weighted by Gasteiger charge is -2.43. The quantitative estimate of drug-likeness (QED) is 0.743. The van der Waals surface area contributed by atoms with E-state index in [0.717, 1.165) is 19.3 Å². The number of rotatable bonds is 6. The second kappa shape index (κ2) is 5.36. The number of carbonyl (C=O) groups is 1. The van der Waals surface area contributed by atoms with Gasteiger partial charge in [-0.3, -0.25) is 4.79 Å². The summed E-state index contributed by atoms with van der Waals surface area (Å²) >= 11 is 0. The minimum atomic E-state index is -0.450. The predicted molar refractivity (Wildman–Crippen MR) is 68.7 cm³/mol. The topological polar surface area (TPSA) is 64.3 Å². The fourth-order valence-electron chi connectivity index (χ4n) is 1.99. The lowest BCUT2D eigenvalue weighted by Crippen LogP contribution is -2.58. The summed E-state index contributed by atoms with van der Waals surface area (Å²) in [6, 6.07) is 0. The van der Waals surface area contributed by atoms with Crippen molar-refractivity contribution in [1.29, 1.82) is 0 Å². The molecule has 0 heterocycles. The first-order chi connectivity index (χ1) is 7.72. The summed E-state index contributed by atoms with van der Waals surface area (Å²) in [7, 11) is 0. The molecule has 0 atom stereocenters. The molecule has 1 saturated carbocycles. The molecule has 100 valence electrons. The van der Waals surface area contributed by atoms with Crippen molar-refractivity contribution in [3.05, 3.63) is 0 Å². The molecule has 0 spiro atoms. The molecule has 1 amide bonds. The van der Waals surface area contributed by atoms with Gasteiger partial charge in [-0.15, -0.1) is 0 Å². The van der Waals surface area contributed by atoms with Gasteiger partial charge in [0.25, 0.3) is 0 Å². The number of hydrogen-bond donors (Lipinski definition) is 2. The van der Waals surface area contributed by atoms with Gasteiger partial charge in [-0.05, 0) is 47.0 Å². The molecule has 0 aromatic heterocycles. The molecule has 4 nitrogen and oxygen atoms in total. The number of carbonyl (C=O) groups excluding carboxylic acids is 1. The molecule has 17 heavy (non-hydrogen) atoms. The average molecular weight is 242 g/mol. The van der Waals surface area contributed by atoms with Gasteiger partial charge in [0.1, 0.15) is 0 Å². The van der Waals surface area contributed by atoms with Gasteiger partial charge in [-0.2, -0.15) is 0 Å². The first-order valence-electron chi connectivity index (χ1n) is 6.44. The zero-order chi connectivity index (χ0) is 13.1. The molecular formula is C13H26N2O2. The maximum atomic E-state index is 11.9. The third-order valence-electron chi connectivity index (χ3n) is 3.02. The van der Waals surface area contributed by atoms with Crippen molar-refractivity contribution in [3.63, 3.8) is 0 Å². The van der Waals surface area contributed by atoms with E-state index in [-0.39, 0.29) is 17.6 Å². The molecule has 1 rings (SSSR count).